The van der Waals surface area contributed by atoms with Crippen molar-refractivity contribution in [3.8, 4) is 0 Å². The molecule has 3 heterocycles. The van der Waals surface area contributed by atoms with E-state index < -0.39 is 11.6 Å². The first kappa shape index (κ1) is 15.2. The van der Waals surface area contributed by atoms with Gasteiger partial charge in [0.05, 0.1) is 0 Å². The Labute approximate surface area is 141 Å². The number of rotatable bonds is 2. The van der Waals surface area contributed by atoms with Crippen molar-refractivity contribution in [2.45, 2.75) is 50.7 Å². The Balaban J connectivity index is 1.65. The number of amides is 4. The molecule has 0 aliphatic carbocycles. The Bertz CT molecular complexity index is 719. The van der Waals surface area contributed by atoms with Gasteiger partial charge in [-0.3, -0.25) is 9.59 Å². The standard InChI is InChI=1S/C18H21N3O3/c1-12-11-14(15(22)20(12)13-7-4-3-5-8-13)21-16(23)18(2)9-6-10-19(18)17(21)24/h3-5,7-8,12,14H,6,9-11H2,1-2H3/t12-,14-,18-/m0/s1. The number of fused-ring (bicyclic) bond motifs is 1. The van der Waals surface area contributed by atoms with Gasteiger partial charge in [-0.2, -0.15) is 0 Å². The number of hydrogen-bond donors (Lipinski definition) is 0. The molecule has 6 nitrogen and oxygen atoms in total. The number of carbonyl (C=O) groups excluding carboxylic acids is 3. The molecule has 3 atom stereocenters. The summed E-state index contributed by atoms with van der Waals surface area (Å²) in [6.45, 7) is 4.37. The highest BCUT2D eigenvalue weighted by molar-refractivity contribution is 6.12. The Morgan fingerprint density at radius 2 is 1.79 bits per heavy atom. The second kappa shape index (κ2) is 5.06. The molecule has 0 unspecified atom stereocenters. The SMILES string of the molecule is C[C@H]1C[C@H](N2C(=O)N3CCC[C@@]3(C)C2=O)C(=O)N1c1ccccc1. The van der Waals surface area contributed by atoms with Crippen LogP contribution in [0.2, 0.25) is 0 Å². The van der Waals surface area contributed by atoms with Crippen LogP contribution in [0, 0.1) is 0 Å². The second-order valence-electron chi connectivity index (χ2n) is 7.13. The summed E-state index contributed by atoms with van der Waals surface area (Å²) in [5.41, 5.74) is 0.0455. The van der Waals surface area contributed by atoms with Gasteiger partial charge in [-0.15, -0.1) is 0 Å². The van der Waals surface area contributed by atoms with Crippen molar-refractivity contribution in [3.63, 3.8) is 0 Å². The summed E-state index contributed by atoms with van der Waals surface area (Å²) < 4.78 is 0. The Kier molecular flexibility index (Phi) is 3.20. The van der Waals surface area contributed by atoms with Crippen LogP contribution in [-0.2, 0) is 9.59 Å². The molecule has 24 heavy (non-hydrogen) atoms. The van der Waals surface area contributed by atoms with Gasteiger partial charge in [0.15, 0.2) is 0 Å². The van der Waals surface area contributed by atoms with E-state index in [1.54, 1.807) is 9.80 Å². The number of anilines is 1. The number of benzene rings is 1. The van der Waals surface area contributed by atoms with Gasteiger partial charge in [0.1, 0.15) is 11.6 Å². The van der Waals surface area contributed by atoms with Crippen LogP contribution >= 0.6 is 0 Å². The van der Waals surface area contributed by atoms with Crippen LogP contribution in [0.1, 0.15) is 33.1 Å². The van der Waals surface area contributed by atoms with E-state index in [0.29, 0.717) is 19.4 Å². The van der Waals surface area contributed by atoms with E-state index in [-0.39, 0.29) is 23.9 Å². The molecule has 126 valence electrons. The van der Waals surface area contributed by atoms with Crippen molar-refractivity contribution in [2.75, 3.05) is 11.4 Å². The van der Waals surface area contributed by atoms with Crippen LogP contribution in [0.3, 0.4) is 0 Å². The molecule has 0 saturated carbocycles. The zero-order chi connectivity index (χ0) is 17.1. The van der Waals surface area contributed by atoms with Crippen molar-refractivity contribution in [2.24, 2.45) is 0 Å². The van der Waals surface area contributed by atoms with Crippen LogP contribution in [0.25, 0.3) is 0 Å². The van der Waals surface area contributed by atoms with Crippen LogP contribution in [0.15, 0.2) is 30.3 Å². The molecule has 0 bridgehead atoms. The highest BCUT2D eigenvalue weighted by Crippen LogP contribution is 2.40. The third-order valence-corrected chi connectivity index (χ3v) is 5.63. The quantitative estimate of drug-likeness (QED) is 0.781. The number of para-hydroxylation sites is 1. The average Bonchev–Trinajstić information content (AvgIpc) is 3.14. The van der Waals surface area contributed by atoms with Gasteiger partial charge >= 0.3 is 6.03 Å². The molecule has 0 spiro atoms. The predicted molar refractivity (Wildman–Crippen MR) is 88.4 cm³/mol. The van der Waals surface area contributed by atoms with E-state index in [9.17, 15) is 14.4 Å². The van der Waals surface area contributed by atoms with E-state index in [1.807, 2.05) is 44.2 Å². The normalized spacial score (nSPS) is 32.9. The summed E-state index contributed by atoms with van der Waals surface area (Å²) in [7, 11) is 0. The molecule has 3 aliphatic heterocycles. The Morgan fingerprint density at radius 1 is 1.08 bits per heavy atom. The van der Waals surface area contributed by atoms with Gasteiger partial charge in [-0.25, -0.2) is 9.69 Å². The number of nitrogens with zero attached hydrogens (tertiary/aromatic N) is 3. The summed E-state index contributed by atoms with van der Waals surface area (Å²) in [6, 6.07) is 8.37. The van der Waals surface area contributed by atoms with E-state index in [2.05, 4.69) is 0 Å². The predicted octanol–water partition coefficient (Wildman–Crippen LogP) is 2.00. The molecule has 4 amide bonds. The van der Waals surface area contributed by atoms with Gasteiger partial charge in [-0.1, -0.05) is 18.2 Å². The molecule has 0 aromatic heterocycles. The Hall–Kier alpha value is -2.37. The summed E-state index contributed by atoms with van der Waals surface area (Å²) >= 11 is 0. The van der Waals surface area contributed by atoms with Gasteiger partial charge in [0, 0.05) is 18.3 Å². The molecule has 0 N–H and O–H groups in total. The summed E-state index contributed by atoms with van der Waals surface area (Å²) in [6.07, 6.45) is 2.00. The van der Waals surface area contributed by atoms with Crippen molar-refractivity contribution in [3.05, 3.63) is 30.3 Å². The molecule has 3 fully saturated rings. The van der Waals surface area contributed by atoms with E-state index in [4.69, 9.17) is 0 Å². The third-order valence-electron chi connectivity index (χ3n) is 5.63. The number of carbonyl (C=O) groups is 3. The van der Waals surface area contributed by atoms with Crippen molar-refractivity contribution >= 4 is 23.5 Å². The largest absolute Gasteiger partial charge is 0.328 e. The fraction of sp³-hybridized carbons (Fsp3) is 0.500. The topological polar surface area (TPSA) is 60.9 Å². The minimum Gasteiger partial charge on any atom is -0.310 e. The van der Waals surface area contributed by atoms with E-state index >= 15 is 0 Å². The minimum absolute atomic E-state index is 0.0475. The lowest BCUT2D eigenvalue weighted by molar-refractivity contribution is -0.136. The highest BCUT2D eigenvalue weighted by Gasteiger charge is 2.60. The second-order valence-corrected chi connectivity index (χ2v) is 7.13. The van der Waals surface area contributed by atoms with Crippen molar-refractivity contribution < 1.29 is 14.4 Å². The monoisotopic (exact) mass is 327 g/mol. The summed E-state index contributed by atoms with van der Waals surface area (Å²) in [5, 5.41) is 0. The summed E-state index contributed by atoms with van der Waals surface area (Å²) in [5.74, 6) is -0.384. The maximum atomic E-state index is 13.0. The van der Waals surface area contributed by atoms with Crippen molar-refractivity contribution in [1.82, 2.24) is 9.80 Å². The maximum absolute atomic E-state index is 13.0. The zero-order valence-electron chi connectivity index (χ0n) is 13.9. The molecular formula is C18H21N3O3. The van der Waals surface area contributed by atoms with E-state index in [1.165, 1.54) is 4.90 Å². The van der Waals surface area contributed by atoms with Crippen LogP contribution in [0.4, 0.5) is 10.5 Å². The molecule has 3 saturated heterocycles. The highest BCUT2D eigenvalue weighted by atomic mass is 16.2. The van der Waals surface area contributed by atoms with Gasteiger partial charge < -0.3 is 9.80 Å². The molecule has 1 aromatic rings. The van der Waals surface area contributed by atoms with E-state index in [0.717, 1.165) is 12.1 Å². The fourth-order valence-electron chi connectivity index (χ4n) is 4.34. The lowest BCUT2D eigenvalue weighted by Crippen LogP contribution is -2.47. The van der Waals surface area contributed by atoms with Crippen LogP contribution in [0.5, 0.6) is 0 Å². The molecule has 1 aromatic carbocycles. The molecule has 0 radical (unpaired) electrons. The van der Waals surface area contributed by atoms with Crippen LogP contribution < -0.4 is 4.90 Å². The van der Waals surface area contributed by atoms with Gasteiger partial charge in [0.2, 0.25) is 0 Å². The Morgan fingerprint density at radius 3 is 2.46 bits per heavy atom. The summed E-state index contributed by atoms with van der Waals surface area (Å²) in [4.78, 5) is 43.2. The maximum Gasteiger partial charge on any atom is 0.328 e. The molecule has 4 rings (SSSR count). The lowest BCUT2D eigenvalue weighted by atomic mass is 9.98. The first-order chi connectivity index (χ1) is 11.4. The lowest BCUT2D eigenvalue weighted by Gasteiger charge is -2.23. The minimum atomic E-state index is -0.763. The number of hydrogen-bond acceptors (Lipinski definition) is 3. The van der Waals surface area contributed by atoms with Gasteiger partial charge in [0.25, 0.3) is 11.8 Å². The average molecular weight is 327 g/mol. The smallest absolute Gasteiger partial charge is 0.310 e. The fourth-order valence-corrected chi connectivity index (χ4v) is 4.34. The van der Waals surface area contributed by atoms with Gasteiger partial charge in [-0.05, 0) is 45.2 Å². The third kappa shape index (κ3) is 1.85. The molecular weight excluding hydrogens is 306 g/mol. The number of urea groups is 1. The molecule has 3 aliphatic rings. The first-order valence-electron chi connectivity index (χ1n) is 8.48. The first-order valence-corrected chi connectivity index (χ1v) is 8.48. The van der Waals surface area contributed by atoms with Crippen LogP contribution in [-0.4, -0.2) is 51.8 Å². The van der Waals surface area contributed by atoms with Crippen molar-refractivity contribution in [1.29, 1.82) is 0 Å². The zero-order valence-corrected chi connectivity index (χ0v) is 13.9. The molecule has 6 heteroatoms. The number of imide groups is 1.